The van der Waals surface area contributed by atoms with E-state index in [0.29, 0.717) is 11.3 Å². The van der Waals surface area contributed by atoms with Crippen molar-refractivity contribution in [1.82, 2.24) is 10.7 Å². The minimum atomic E-state index is -0.708. The van der Waals surface area contributed by atoms with Crippen molar-refractivity contribution in [1.29, 1.82) is 0 Å². The molecule has 1 atom stereocenters. The van der Waals surface area contributed by atoms with Gasteiger partial charge in [0, 0.05) is 5.56 Å². The first-order valence-corrected chi connectivity index (χ1v) is 7.43. The number of carbonyl (C=O) groups excluding carboxylic acids is 2. The van der Waals surface area contributed by atoms with E-state index >= 15 is 0 Å². The molecule has 6 nitrogen and oxygen atoms in total. The van der Waals surface area contributed by atoms with Crippen LogP contribution in [0.2, 0.25) is 0 Å². The third-order valence-electron chi connectivity index (χ3n) is 3.26. The van der Waals surface area contributed by atoms with Gasteiger partial charge in [0.15, 0.2) is 0 Å². The molecule has 0 saturated carbocycles. The zero-order chi connectivity index (χ0) is 17.4. The molecule has 24 heavy (non-hydrogen) atoms. The average molecular weight is 325 g/mol. The van der Waals surface area contributed by atoms with Crippen molar-refractivity contribution >= 4 is 18.0 Å². The highest BCUT2D eigenvalue weighted by Crippen LogP contribution is 2.10. The lowest BCUT2D eigenvalue weighted by Crippen LogP contribution is -2.43. The highest BCUT2D eigenvalue weighted by Gasteiger charge is 2.15. The van der Waals surface area contributed by atoms with Crippen LogP contribution < -0.4 is 15.5 Å². The van der Waals surface area contributed by atoms with Gasteiger partial charge in [0.25, 0.3) is 11.8 Å². The number of nitrogens with zero attached hydrogens (tertiary/aromatic N) is 1. The highest BCUT2D eigenvalue weighted by molar-refractivity contribution is 5.97. The molecule has 0 radical (unpaired) electrons. The summed E-state index contributed by atoms with van der Waals surface area (Å²) in [5.74, 6) is -0.0118. The number of hydrazone groups is 1. The molecule has 0 aromatic heterocycles. The SMILES string of the molecule is COc1cccc(/C=N\NC(=O)[C@@H](C)NC(=O)c2ccccc2)c1. The van der Waals surface area contributed by atoms with E-state index in [1.54, 1.807) is 44.4 Å². The molecule has 0 fully saturated rings. The Balaban J connectivity index is 1.87. The molecule has 0 spiro atoms. The Morgan fingerprint density at radius 1 is 1.12 bits per heavy atom. The first-order chi connectivity index (χ1) is 11.6. The van der Waals surface area contributed by atoms with Crippen LogP contribution in [0.4, 0.5) is 0 Å². The highest BCUT2D eigenvalue weighted by atomic mass is 16.5. The zero-order valence-electron chi connectivity index (χ0n) is 13.5. The van der Waals surface area contributed by atoms with Crippen molar-refractivity contribution in [2.45, 2.75) is 13.0 Å². The van der Waals surface area contributed by atoms with E-state index < -0.39 is 11.9 Å². The number of amides is 2. The van der Waals surface area contributed by atoms with E-state index in [2.05, 4.69) is 15.8 Å². The first-order valence-electron chi connectivity index (χ1n) is 7.43. The van der Waals surface area contributed by atoms with E-state index in [4.69, 9.17) is 4.74 Å². The van der Waals surface area contributed by atoms with E-state index in [1.165, 1.54) is 6.21 Å². The first kappa shape index (κ1) is 17.2. The van der Waals surface area contributed by atoms with Gasteiger partial charge in [-0.25, -0.2) is 5.43 Å². The lowest BCUT2D eigenvalue weighted by molar-refractivity contribution is -0.122. The summed E-state index contributed by atoms with van der Waals surface area (Å²) in [6.07, 6.45) is 1.51. The molecule has 2 N–H and O–H groups in total. The van der Waals surface area contributed by atoms with Crippen LogP contribution in [0.15, 0.2) is 59.7 Å². The third kappa shape index (κ3) is 4.95. The Morgan fingerprint density at radius 3 is 2.58 bits per heavy atom. The van der Waals surface area contributed by atoms with E-state index in [9.17, 15) is 9.59 Å². The topological polar surface area (TPSA) is 79.8 Å². The van der Waals surface area contributed by atoms with Crippen LogP contribution in [-0.4, -0.2) is 31.2 Å². The molecule has 0 bridgehead atoms. The smallest absolute Gasteiger partial charge is 0.262 e. The molecule has 0 heterocycles. The van der Waals surface area contributed by atoms with Gasteiger partial charge in [0.1, 0.15) is 11.8 Å². The molecule has 0 aliphatic heterocycles. The summed E-state index contributed by atoms with van der Waals surface area (Å²) in [5, 5.41) is 6.50. The lowest BCUT2D eigenvalue weighted by Gasteiger charge is -2.12. The fourth-order valence-corrected chi connectivity index (χ4v) is 1.92. The van der Waals surface area contributed by atoms with Crippen molar-refractivity contribution in [3.05, 3.63) is 65.7 Å². The monoisotopic (exact) mass is 325 g/mol. The second-order valence-electron chi connectivity index (χ2n) is 5.07. The van der Waals surface area contributed by atoms with E-state index in [0.717, 1.165) is 5.56 Å². The van der Waals surface area contributed by atoms with Gasteiger partial charge in [-0.3, -0.25) is 9.59 Å². The van der Waals surface area contributed by atoms with Crippen molar-refractivity contribution in [2.24, 2.45) is 5.10 Å². The third-order valence-corrected chi connectivity index (χ3v) is 3.26. The van der Waals surface area contributed by atoms with Crippen molar-refractivity contribution in [2.75, 3.05) is 7.11 Å². The molecular weight excluding hydrogens is 306 g/mol. The second kappa shape index (κ2) is 8.47. The van der Waals surface area contributed by atoms with Gasteiger partial charge in [-0.2, -0.15) is 5.10 Å². The quantitative estimate of drug-likeness (QED) is 0.629. The van der Waals surface area contributed by atoms with Gasteiger partial charge in [0.05, 0.1) is 13.3 Å². The maximum atomic E-state index is 12.0. The Labute approximate surface area is 140 Å². The van der Waals surface area contributed by atoms with Gasteiger partial charge in [-0.05, 0) is 36.8 Å². The van der Waals surface area contributed by atoms with Crippen LogP contribution in [0.25, 0.3) is 0 Å². The minimum Gasteiger partial charge on any atom is -0.497 e. The van der Waals surface area contributed by atoms with Crippen molar-refractivity contribution < 1.29 is 14.3 Å². The Morgan fingerprint density at radius 2 is 1.88 bits per heavy atom. The van der Waals surface area contributed by atoms with Crippen LogP contribution in [0.3, 0.4) is 0 Å². The number of carbonyl (C=O) groups is 2. The molecule has 2 aromatic rings. The maximum Gasteiger partial charge on any atom is 0.262 e. The van der Waals surface area contributed by atoms with Gasteiger partial charge in [-0.1, -0.05) is 30.3 Å². The number of nitrogens with one attached hydrogen (secondary N) is 2. The summed E-state index contributed by atoms with van der Waals surface area (Å²) in [4.78, 5) is 23.9. The van der Waals surface area contributed by atoms with Crippen LogP contribution >= 0.6 is 0 Å². The van der Waals surface area contributed by atoms with Gasteiger partial charge in [-0.15, -0.1) is 0 Å². The van der Waals surface area contributed by atoms with Gasteiger partial charge < -0.3 is 10.1 Å². The molecule has 0 unspecified atom stereocenters. The van der Waals surface area contributed by atoms with Crippen LogP contribution in [0.5, 0.6) is 5.75 Å². The van der Waals surface area contributed by atoms with Crippen molar-refractivity contribution in [3.8, 4) is 5.75 Å². The summed E-state index contributed by atoms with van der Waals surface area (Å²) in [7, 11) is 1.58. The molecule has 6 heteroatoms. The predicted molar refractivity (Wildman–Crippen MR) is 92.1 cm³/mol. The van der Waals surface area contributed by atoms with E-state index in [1.807, 2.05) is 24.3 Å². The maximum absolute atomic E-state index is 12.0. The van der Waals surface area contributed by atoms with Crippen LogP contribution in [-0.2, 0) is 4.79 Å². The van der Waals surface area contributed by atoms with Crippen LogP contribution in [0, 0.1) is 0 Å². The van der Waals surface area contributed by atoms with E-state index in [-0.39, 0.29) is 5.91 Å². The molecule has 0 saturated heterocycles. The summed E-state index contributed by atoms with van der Waals surface area (Å²) >= 11 is 0. The molecule has 2 aromatic carbocycles. The molecule has 2 amide bonds. The van der Waals surface area contributed by atoms with Gasteiger partial charge in [0.2, 0.25) is 0 Å². The normalized spacial score (nSPS) is 11.8. The fourth-order valence-electron chi connectivity index (χ4n) is 1.92. The lowest BCUT2D eigenvalue weighted by atomic mass is 10.2. The van der Waals surface area contributed by atoms with Gasteiger partial charge >= 0.3 is 0 Å². The fraction of sp³-hybridized carbons (Fsp3) is 0.167. The summed E-state index contributed by atoms with van der Waals surface area (Å²) in [5.41, 5.74) is 3.69. The Hall–Kier alpha value is -3.15. The molecule has 2 rings (SSSR count). The number of ether oxygens (including phenoxy) is 1. The Bertz CT molecular complexity index is 729. The zero-order valence-corrected chi connectivity index (χ0v) is 13.5. The largest absolute Gasteiger partial charge is 0.497 e. The summed E-state index contributed by atoms with van der Waals surface area (Å²) in [6.45, 7) is 1.59. The predicted octanol–water partition coefficient (Wildman–Crippen LogP) is 1.96. The number of methoxy groups -OCH3 is 1. The number of hydrogen-bond acceptors (Lipinski definition) is 4. The standard InChI is InChI=1S/C18H19N3O3/c1-13(20-18(23)15-8-4-3-5-9-15)17(22)21-19-12-14-7-6-10-16(11-14)24-2/h3-13H,1-2H3,(H,20,23)(H,21,22)/b19-12-/t13-/m1/s1. The molecule has 124 valence electrons. The summed E-state index contributed by atoms with van der Waals surface area (Å²) < 4.78 is 5.11. The minimum absolute atomic E-state index is 0.310. The average Bonchev–Trinajstić information content (AvgIpc) is 2.62. The number of benzene rings is 2. The number of hydrogen-bond donors (Lipinski definition) is 2. The molecular formula is C18H19N3O3. The second-order valence-corrected chi connectivity index (χ2v) is 5.07. The molecule has 0 aliphatic rings. The Kier molecular flexibility index (Phi) is 6.08. The molecule has 0 aliphatic carbocycles. The summed E-state index contributed by atoms with van der Waals surface area (Å²) in [6, 6.07) is 15.3. The number of rotatable bonds is 6. The van der Waals surface area contributed by atoms with Crippen LogP contribution in [0.1, 0.15) is 22.8 Å². The van der Waals surface area contributed by atoms with Crippen molar-refractivity contribution in [3.63, 3.8) is 0 Å².